The molecular weight excluding hydrogens is 358 g/mol. The highest BCUT2D eigenvalue weighted by Gasteiger charge is 2.23. The summed E-state index contributed by atoms with van der Waals surface area (Å²) >= 11 is 7.25. The maximum Gasteiger partial charge on any atom is 0.263 e. The van der Waals surface area contributed by atoms with E-state index >= 15 is 0 Å². The van der Waals surface area contributed by atoms with Gasteiger partial charge in [-0.2, -0.15) is 0 Å². The smallest absolute Gasteiger partial charge is 0.263 e. The van der Waals surface area contributed by atoms with Crippen molar-refractivity contribution in [1.29, 1.82) is 0 Å². The normalized spacial score (nSPS) is 20.3. The van der Waals surface area contributed by atoms with Crippen LogP contribution in [0.4, 0.5) is 0 Å². The first-order chi connectivity index (χ1) is 12.0. The number of carbonyl (C=O) groups excluding carboxylic acids is 1. The number of nitrogens with one attached hydrogen (secondary N) is 2. The number of hydrogen-bond donors (Lipinski definition) is 2. The molecule has 0 bridgehead atoms. The lowest BCUT2D eigenvalue weighted by atomic mass is 10.0. The van der Waals surface area contributed by atoms with Crippen molar-refractivity contribution in [2.75, 3.05) is 6.54 Å². The SMILES string of the molecule is Cc1nc(COc2ccc(Cl)cc2)sc1C(=O)NC1CCNC(C)C1. The highest BCUT2D eigenvalue weighted by Crippen LogP contribution is 2.22. The number of rotatable bonds is 5. The van der Waals surface area contributed by atoms with E-state index in [1.165, 1.54) is 11.3 Å². The van der Waals surface area contributed by atoms with Crippen molar-refractivity contribution in [3.05, 3.63) is 44.9 Å². The lowest BCUT2D eigenvalue weighted by Gasteiger charge is -2.28. The molecule has 1 aliphatic rings. The van der Waals surface area contributed by atoms with Gasteiger partial charge in [-0.25, -0.2) is 4.98 Å². The minimum Gasteiger partial charge on any atom is -0.486 e. The number of aryl methyl sites for hydroxylation is 1. The van der Waals surface area contributed by atoms with Crippen LogP contribution in [0.15, 0.2) is 24.3 Å². The molecule has 0 saturated carbocycles. The molecule has 1 amide bonds. The van der Waals surface area contributed by atoms with E-state index in [-0.39, 0.29) is 11.9 Å². The fourth-order valence-corrected chi connectivity index (χ4v) is 3.92. The quantitative estimate of drug-likeness (QED) is 0.833. The van der Waals surface area contributed by atoms with E-state index in [4.69, 9.17) is 16.3 Å². The first kappa shape index (κ1) is 18.2. The van der Waals surface area contributed by atoms with E-state index in [0.29, 0.717) is 22.5 Å². The number of halogens is 1. The molecule has 0 aliphatic carbocycles. The van der Waals surface area contributed by atoms with Crippen LogP contribution in [0, 0.1) is 6.92 Å². The van der Waals surface area contributed by atoms with Gasteiger partial charge in [-0.1, -0.05) is 11.6 Å². The fourth-order valence-electron chi connectivity index (χ4n) is 2.91. The van der Waals surface area contributed by atoms with Crippen LogP contribution in [0.25, 0.3) is 0 Å². The van der Waals surface area contributed by atoms with Crippen molar-refractivity contribution in [2.45, 2.75) is 45.4 Å². The largest absolute Gasteiger partial charge is 0.486 e. The van der Waals surface area contributed by atoms with Gasteiger partial charge in [-0.3, -0.25) is 4.79 Å². The van der Waals surface area contributed by atoms with Gasteiger partial charge in [0.25, 0.3) is 5.91 Å². The number of carbonyl (C=O) groups is 1. The molecule has 7 heteroatoms. The molecule has 1 aromatic carbocycles. The number of amides is 1. The second-order valence-corrected chi connectivity index (χ2v) is 7.83. The van der Waals surface area contributed by atoms with Crippen molar-refractivity contribution in [3.63, 3.8) is 0 Å². The van der Waals surface area contributed by atoms with E-state index < -0.39 is 0 Å². The number of aromatic nitrogens is 1. The van der Waals surface area contributed by atoms with E-state index in [0.717, 1.165) is 35.8 Å². The van der Waals surface area contributed by atoms with E-state index in [1.807, 2.05) is 19.1 Å². The Balaban J connectivity index is 1.59. The zero-order valence-corrected chi connectivity index (χ0v) is 15.9. The third kappa shape index (κ3) is 4.93. The van der Waals surface area contributed by atoms with E-state index in [1.54, 1.807) is 12.1 Å². The number of thiazole rings is 1. The highest BCUT2D eigenvalue weighted by atomic mass is 35.5. The lowest BCUT2D eigenvalue weighted by Crippen LogP contribution is -2.46. The standard InChI is InChI=1S/C18H22ClN3O2S/c1-11-9-14(7-8-20-11)22-18(23)17-12(2)21-16(25-17)10-24-15-5-3-13(19)4-6-15/h3-6,11,14,20H,7-10H2,1-2H3,(H,22,23). The van der Waals surface area contributed by atoms with E-state index in [9.17, 15) is 4.79 Å². The van der Waals surface area contributed by atoms with Crippen LogP contribution in [0.5, 0.6) is 5.75 Å². The van der Waals surface area contributed by atoms with Crippen molar-refractivity contribution in [1.82, 2.24) is 15.6 Å². The third-order valence-corrected chi connectivity index (χ3v) is 5.56. The zero-order chi connectivity index (χ0) is 17.8. The molecular formula is C18H22ClN3O2S. The molecule has 0 radical (unpaired) electrons. The molecule has 2 aromatic rings. The van der Waals surface area contributed by atoms with Crippen LogP contribution in [-0.4, -0.2) is 29.5 Å². The topological polar surface area (TPSA) is 63.2 Å². The molecule has 2 heterocycles. The Labute approximate surface area is 156 Å². The summed E-state index contributed by atoms with van der Waals surface area (Å²) in [4.78, 5) is 17.7. The molecule has 2 N–H and O–H groups in total. The van der Waals surface area contributed by atoms with Crippen LogP contribution in [-0.2, 0) is 6.61 Å². The van der Waals surface area contributed by atoms with Gasteiger partial charge in [0.1, 0.15) is 22.2 Å². The molecule has 2 atom stereocenters. The van der Waals surface area contributed by atoms with Crippen molar-refractivity contribution in [2.24, 2.45) is 0 Å². The zero-order valence-electron chi connectivity index (χ0n) is 14.3. The molecule has 2 unspecified atom stereocenters. The molecule has 25 heavy (non-hydrogen) atoms. The molecule has 5 nitrogen and oxygen atoms in total. The molecule has 1 aromatic heterocycles. The van der Waals surface area contributed by atoms with Crippen molar-refractivity contribution < 1.29 is 9.53 Å². The number of piperidine rings is 1. The molecule has 1 saturated heterocycles. The Bertz CT molecular complexity index is 732. The average molecular weight is 380 g/mol. The summed E-state index contributed by atoms with van der Waals surface area (Å²) < 4.78 is 5.71. The van der Waals surface area contributed by atoms with Gasteiger partial charge in [0, 0.05) is 17.1 Å². The predicted octanol–water partition coefficient (Wildman–Crippen LogP) is 3.55. The molecule has 0 spiro atoms. The minimum absolute atomic E-state index is 0.0353. The first-order valence-corrected chi connectivity index (χ1v) is 9.59. The summed E-state index contributed by atoms with van der Waals surface area (Å²) in [5.74, 6) is 0.693. The third-order valence-electron chi connectivity index (χ3n) is 4.18. The minimum atomic E-state index is -0.0353. The van der Waals surface area contributed by atoms with Crippen molar-refractivity contribution >= 4 is 28.8 Å². The summed E-state index contributed by atoms with van der Waals surface area (Å²) in [6.45, 7) is 5.28. The highest BCUT2D eigenvalue weighted by molar-refractivity contribution is 7.13. The van der Waals surface area contributed by atoms with Gasteiger partial charge in [0.2, 0.25) is 0 Å². The number of hydrogen-bond acceptors (Lipinski definition) is 5. The Hall–Kier alpha value is -1.63. The first-order valence-electron chi connectivity index (χ1n) is 8.40. The summed E-state index contributed by atoms with van der Waals surface area (Å²) in [6.07, 6.45) is 1.91. The molecule has 1 aliphatic heterocycles. The van der Waals surface area contributed by atoms with Gasteiger partial charge in [-0.05, 0) is 57.5 Å². The Kier molecular flexibility index (Phi) is 5.93. The van der Waals surface area contributed by atoms with Crippen LogP contribution in [0.2, 0.25) is 5.02 Å². The van der Waals surface area contributed by atoms with Gasteiger partial charge >= 0.3 is 0 Å². The summed E-state index contributed by atoms with van der Waals surface area (Å²) in [7, 11) is 0. The second-order valence-electron chi connectivity index (χ2n) is 6.31. The Morgan fingerprint density at radius 1 is 1.44 bits per heavy atom. The van der Waals surface area contributed by atoms with Gasteiger partial charge in [0.15, 0.2) is 0 Å². The lowest BCUT2D eigenvalue weighted by molar-refractivity contribution is 0.0929. The second kappa shape index (κ2) is 8.17. The van der Waals surface area contributed by atoms with E-state index in [2.05, 4.69) is 22.5 Å². The summed E-state index contributed by atoms with van der Waals surface area (Å²) in [5, 5.41) is 7.98. The predicted molar refractivity (Wildman–Crippen MR) is 101 cm³/mol. The maximum atomic E-state index is 12.5. The summed E-state index contributed by atoms with van der Waals surface area (Å²) in [6, 6.07) is 7.85. The van der Waals surface area contributed by atoms with Crippen LogP contribution < -0.4 is 15.4 Å². The number of benzene rings is 1. The monoisotopic (exact) mass is 379 g/mol. The summed E-state index contributed by atoms with van der Waals surface area (Å²) in [5.41, 5.74) is 0.749. The van der Waals surface area contributed by atoms with Crippen LogP contribution in [0.3, 0.4) is 0 Å². The number of nitrogens with zero attached hydrogens (tertiary/aromatic N) is 1. The Morgan fingerprint density at radius 3 is 2.92 bits per heavy atom. The average Bonchev–Trinajstić information content (AvgIpc) is 2.95. The van der Waals surface area contributed by atoms with Gasteiger partial charge in [-0.15, -0.1) is 11.3 Å². The molecule has 3 rings (SSSR count). The number of ether oxygens (including phenoxy) is 1. The fraction of sp³-hybridized carbons (Fsp3) is 0.444. The molecule has 134 valence electrons. The van der Waals surface area contributed by atoms with Crippen molar-refractivity contribution in [3.8, 4) is 5.75 Å². The maximum absolute atomic E-state index is 12.5. The van der Waals surface area contributed by atoms with Crippen LogP contribution in [0.1, 0.15) is 40.1 Å². The van der Waals surface area contributed by atoms with Crippen LogP contribution >= 0.6 is 22.9 Å². The Morgan fingerprint density at radius 2 is 2.20 bits per heavy atom. The van der Waals surface area contributed by atoms with Gasteiger partial charge in [0.05, 0.1) is 5.69 Å². The molecule has 1 fully saturated rings. The van der Waals surface area contributed by atoms with Gasteiger partial charge < -0.3 is 15.4 Å².